The predicted octanol–water partition coefficient (Wildman–Crippen LogP) is 1.56. The summed E-state index contributed by atoms with van der Waals surface area (Å²) in [6.45, 7) is 0. The van der Waals surface area contributed by atoms with Crippen LogP contribution in [0.5, 0.6) is 5.75 Å². The number of phosphoric acid groups is 1. The molecule has 1 unspecified atom stereocenters. The minimum atomic E-state index is -4.75. The Balaban J connectivity index is 0.00000196. The van der Waals surface area contributed by atoms with Crippen LogP contribution in [0.1, 0.15) is 0 Å². The Morgan fingerprint density at radius 2 is 1.73 bits per heavy atom. The molecule has 82 valence electrons. The van der Waals surface area contributed by atoms with Crippen molar-refractivity contribution in [2.24, 2.45) is 0 Å². The van der Waals surface area contributed by atoms with Gasteiger partial charge in [0.2, 0.25) is 0 Å². The SMILES string of the molecule is O=[PH](Oc1ccccc1)OP(=O)(O)O.[Zr]. The number of para-hydroxylation sites is 1. The van der Waals surface area contributed by atoms with E-state index in [0.29, 0.717) is 0 Å². The summed E-state index contributed by atoms with van der Waals surface area (Å²) >= 11 is 0. The van der Waals surface area contributed by atoms with Crippen LogP contribution in [-0.4, -0.2) is 9.79 Å². The Kier molecular flexibility index (Phi) is 6.86. The van der Waals surface area contributed by atoms with Crippen molar-refractivity contribution in [3.8, 4) is 5.75 Å². The van der Waals surface area contributed by atoms with Crippen molar-refractivity contribution in [1.82, 2.24) is 0 Å². The molecule has 0 amide bonds. The van der Waals surface area contributed by atoms with Crippen LogP contribution in [0.2, 0.25) is 0 Å². The van der Waals surface area contributed by atoms with E-state index >= 15 is 0 Å². The van der Waals surface area contributed by atoms with Crippen LogP contribution in [0.4, 0.5) is 0 Å². The van der Waals surface area contributed by atoms with Crippen LogP contribution >= 0.6 is 16.1 Å². The molecule has 1 aromatic rings. The number of rotatable bonds is 4. The smallest absolute Gasteiger partial charge is 0.426 e. The molecule has 0 heterocycles. The molecule has 0 fully saturated rings. The van der Waals surface area contributed by atoms with Crippen LogP contribution in [0.25, 0.3) is 0 Å². The normalized spacial score (nSPS) is 12.7. The van der Waals surface area contributed by atoms with E-state index in [4.69, 9.17) is 9.79 Å². The van der Waals surface area contributed by atoms with Gasteiger partial charge in [-0.25, -0.2) is 13.4 Å². The van der Waals surface area contributed by atoms with Gasteiger partial charge in [-0.1, -0.05) is 18.2 Å². The first-order chi connectivity index (χ1) is 6.47. The molecule has 0 aromatic heterocycles. The zero-order chi connectivity index (χ0) is 10.6. The summed E-state index contributed by atoms with van der Waals surface area (Å²) in [5.74, 6) is 0.227. The monoisotopic (exact) mass is 328 g/mol. The van der Waals surface area contributed by atoms with Gasteiger partial charge in [0.05, 0.1) is 0 Å². The second-order valence-corrected chi connectivity index (χ2v) is 4.66. The fraction of sp³-hybridized carbons (Fsp3) is 0. The van der Waals surface area contributed by atoms with Crippen molar-refractivity contribution in [3.63, 3.8) is 0 Å². The fourth-order valence-corrected chi connectivity index (χ4v) is 1.95. The first-order valence-electron chi connectivity index (χ1n) is 3.49. The van der Waals surface area contributed by atoms with Gasteiger partial charge in [0.25, 0.3) is 0 Å². The third-order valence-corrected chi connectivity index (χ3v) is 3.09. The van der Waals surface area contributed by atoms with Crippen molar-refractivity contribution in [2.75, 3.05) is 0 Å². The summed E-state index contributed by atoms with van der Waals surface area (Å²) in [4.78, 5) is 16.6. The predicted molar refractivity (Wildman–Crippen MR) is 49.2 cm³/mol. The largest absolute Gasteiger partial charge is 0.477 e. The van der Waals surface area contributed by atoms with E-state index in [0.717, 1.165) is 0 Å². The maximum Gasteiger partial charge on any atom is 0.477 e. The van der Waals surface area contributed by atoms with E-state index in [1.165, 1.54) is 12.1 Å². The summed E-state index contributed by atoms with van der Waals surface area (Å²) in [5.41, 5.74) is 0. The van der Waals surface area contributed by atoms with E-state index < -0.39 is 16.1 Å². The van der Waals surface area contributed by atoms with Crippen LogP contribution in [-0.2, 0) is 39.6 Å². The zero-order valence-corrected chi connectivity index (χ0v) is 11.7. The van der Waals surface area contributed by atoms with Gasteiger partial charge in [-0.2, -0.15) is 0 Å². The first kappa shape index (κ1) is 15.2. The quantitative estimate of drug-likeness (QED) is 0.815. The molecule has 0 aliphatic rings. The molecule has 15 heavy (non-hydrogen) atoms. The zero-order valence-electron chi connectivity index (χ0n) is 7.36. The van der Waals surface area contributed by atoms with Crippen LogP contribution in [0.15, 0.2) is 30.3 Å². The molecule has 1 aromatic carbocycles. The molecular weight excluding hydrogens is 321 g/mol. The molecule has 0 spiro atoms. The molecule has 1 rings (SSSR count). The molecule has 6 nitrogen and oxygen atoms in total. The molecule has 9 heteroatoms. The molecule has 0 aliphatic heterocycles. The van der Waals surface area contributed by atoms with Crippen LogP contribution < -0.4 is 4.52 Å². The van der Waals surface area contributed by atoms with Gasteiger partial charge in [0.1, 0.15) is 5.75 Å². The summed E-state index contributed by atoms with van der Waals surface area (Å²) in [6.07, 6.45) is 0. The average molecular weight is 329 g/mol. The first-order valence-corrected chi connectivity index (χ1v) is 6.25. The Labute approximate surface area is 106 Å². The standard InChI is InChI=1S/C6H8O6P2.Zr/c7-13(12-14(8,9)10)11-6-4-2-1-3-5-6;/h1-5,13H,(H2,8,9,10);. The van der Waals surface area contributed by atoms with Gasteiger partial charge >= 0.3 is 16.1 Å². The summed E-state index contributed by atoms with van der Waals surface area (Å²) in [6, 6.07) is 7.95. The second kappa shape index (κ2) is 6.75. The van der Waals surface area contributed by atoms with Gasteiger partial charge in [-0.15, -0.1) is 0 Å². The molecule has 0 aliphatic carbocycles. The Bertz CT molecular complexity index is 363. The molecule has 0 bridgehead atoms. The number of hydrogen-bond donors (Lipinski definition) is 2. The molecular formula is C6H8O6P2Zr. The van der Waals surface area contributed by atoms with E-state index in [1.807, 2.05) is 0 Å². The van der Waals surface area contributed by atoms with Gasteiger partial charge < -0.3 is 14.3 Å². The minimum absolute atomic E-state index is 0. The van der Waals surface area contributed by atoms with Crippen LogP contribution in [0, 0.1) is 0 Å². The summed E-state index contributed by atoms with van der Waals surface area (Å²) < 4.78 is 29.6. The van der Waals surface area contributed by atoms with E-state index in [9.17, 15) is 9.13 Å². The molecule has 2 N–H and O–H groups in total. The van der Waals surface area contributed by atoms with E-state index in [2.05, 4.69) is 8.83 Å². The van der Waals surface area contributed by atoms with Gasteiger partial charge in [0.15, 0.2) is 0 Å². The Morgan fingerprint density at radius 1 is 1.20 bits per heavy atom. The van der Waals surface area contributed by atoms with Crippen molar-refractivity contribution < 1.29 is 54.0 Å². The van der Waals surface area contributed by atoms with Crippen LogP contribution in [0.3, 0.4) is 0 Å². The average Bonchev–Trinajstić information content (AvgIpc) is 2.02. The molecule has 0 saturated carbocycles. The maximum absolute atomic E-state index is 10.9. The third kappa shape index (κ3) is 7.18. The topological polar surface area (TPSA) is 93.1 Å². The van der Waals surface area contributed by atoms with Crippen molar-refractivity contribution in [2.45, 2.75) is 0 Å². The van der Waals surface area contributed by atoms with Gasteiger partial charge in [0, 0.05) is 26.2 Å². The van der Waals surface area contributed by atoms with E-state index in [-0.39, 0.29) is 32.0 Å². The molecule has 1 atom stereocenters. The summed E-state index contributed by atoms with van der Waals surface area (Å²) in [5, 5.41) is 0. The van der Waals surface area contributed by atoms with Crippen molar-refractivity contribution in [1.29, 1.82) is 0 Å². The Hall–Kier alpha value is 0.243. The van der Waals surface area contributed by atoms with Gasteiger partial charge in [-0.3, -0.25) is 0 Å². The Morgan fingerprint density at radius 3 is 2.20 bits per heavy atom. The second-order valence-electron chi connectivity index (χ2n) is 2.25. The van der Waals surface area contributed by atoms with Crippen molar-refractivity contribution >= 4 is 16.1 Å². The molecule has 0 radical (unpaired) electrons. The summed E-state index contributed by atoms with van der Waals surface area (Å²) in [7, 11) is -7.96. The minimum Gasteiger partial charge on any atom is -0.426 e. The third-order valence-electron chi connectivity index (χ3n) is 1.14. The van der Waals surface area contributed by atoms with Crippen molar-refractivity contribution in [3.05, 3.63) is 30.3 Å². The fourth-order valence-electron chi connectivity index (χ4n) is 0.700. The molecule has 0 saturated heterocycles. The van der Waals surface area contributed by atoms with E-state index in [1.54, 1.807) is 18.2 Å². The number of hydrogen-bond acceptors (Lipinski definition) is 4. The van der Waals surface area contributed by atoms with Gasteiger partial charge in [-0.05, 0) is 12.1 Å². The number of benzene rings is 1. The maximum atomic E-state index is 10.9.